The Hall–Kier alpha value is -0.0604. The second-order valence-corrected chi connectivity index (χ2v) is 7.18. The van der Waals surface area contributed by atoms with Crippen LogP contribution < -0.4 is 0 Å². The predicted octanol–water partition coefficient (Wildman–Crippen LogP) is 3.38. The first-order valence-corrected chi connectivity index (χ1v) is 6.35. The van der Waals surface area contributed by atoms with Gasteiger partial charge in [0.15, 0.2) is 0 Å². The normalized spacial score (nSPS) is 12.9. The fourth-order valence-corrected chi connectivity index (χ4v) is 1.71. The summed E-state index contributed by atoms with van der Waals surface area (Å²) in [6.07, 6.45) is 0. The molecule has 2 heteroatoms. The second kappa shape index (κ2) is 4.07. The molecule has 1 rings (SSSR count). The van der Waals surface area contributed by atoms with Crippen molar-refractivity contribution in [3.8, 4) is 0 Å². The van der Waals surface area contributed by atoms with Gasteiger partial charge >= 0.3 is 105 Å². The van der Waals surface area contributed by atoms with E-state index in [-0.39, 0.29) is 10.8 Å². The first kappa shape index (κ1) is 13.0. The summed E-state index contributed by atoms with van der Waals surface area (Å²) >= 11 is 1.99. The van der Waals surface area contributed by atoms with Crippen molar-refractivity contribution < 1.29 is 4.42 Å². The van der Waals surface area contributed by atoms with Gasteiger partial charge in [-0.15, -0.1) is 0 Å². The van der Waals surface area contributed by atoms with Crippen LogP contribution in [0.2, 0.25) is 0 Å². The van der Waals surface area contributed by atoms with Gasteiger partial charge < -0.3 is 0 Å². The minimum absolute atomic E-state index is 0.0215. The molecule has 83 valence electrons. The van der Waals surface area contributed by atoms with Crippen LogP contribution in [0.4, 0.5) is 0 Å². The van der Waals surface area contributed by atoms with Crippen molar-refractivity contribution in [1.29, 1.82) is 0 Å². The number of hydrogen-bond donors (Lipinski definition) is 0. The Kier molecular flexibility index (Phi) is 3.53. The average molecular weight is 319 g/mol. The predicted molar refractivity (Wildman–Crippen MR) is 63.9 cm³/mol. The molecule has 1 nitrogen and oxygen atoms in total. The third-order valence-electron chi connectivity index (χ3n) is 2.13. The van der Waals surface area contributed by atoms with Crippen LogP contribution in [0.3, 0.4) is 0 Å². The Balaban J connectivity index is 3.36. The van der Waals surface area contributed by atoms with Crippen LogP contribution in [0.15, 0.2) is 10.5 Å². The molecule has 0 aliphatic rings. The summed E-state index contributed by atoms with van der Waals surface area (Å²) in [5.74, 6) is 1.97. The van der Waals surface area contributed by atoms with Crippen LogP contribution in [-0.4, -0.2) is 21.8 Å². The first-order chi connectivity index (χ1) is 6.60. The summed E-state index contributed by atoms with van der Waals surface area (Å²) in [4.78, 5) is 0. The molecule has 1 aromatic rings. The van der Waals surface area contributed by atoms with Crippen molar-refractivity contribution in [3.05, 3.63) is 26.8 Å². The molecule has 1 radical (unpaired) electrons. The monoisotopic (exact) mass is 321 g/mol. The number of hydrogen-bond acceptors (Lipinski definition) is 1. The molecule has 0 fully saturated rings. The summed E-state index contributed by atoms with van der Waals surface area (Å²) in [5, 5.41) is 0. The van der Waals surface area contributed by atoms with Gasteiger partial charge in [-0.2, -0.15) is 0 Å². The van der Waals surface area contributed by atoms with Gasteiger partial charge in [-0.3, -0.25) is 0 Å². The Morgan fingerprint density at radius 2 is 1.60 bits per heavy atom. The van der Waals surface area contributed by atoms with Gasteiger partial charge in [0.1, 0.15) is 0 Å². The van der Waals surface area contributed by atoms with Crippen molar-refractivity contribution in [3.63, 3.8) is 0 Å². The van der Waals surface area contributed by atoms with E-state index in [0.717, 1.165) is 14.7 Å². The van der Waals surface area contributed by atoms with E-state index >= 15 is 0 Å². The Bertz CT molecular complexity index is 367. The van der Waals surface area contributed by atoms with Crippen LogP contribution in [0.1, 0.15) is 53.1 Å². The molecule has 0 spiro atoms. The van der Waals surface area contributed by atoms with E-state index in [2.05, 4.69) is 53.7 Å². The molecule has 0 aromatic carbocycles. The van der Waals surface area contributed by atoms with Crippen LogP contribution in [0, 0.1) is 9.26 Å². The van der Waals surface area contributed by atoms with Gasteiger partial charge in [0.25, 0.3) is 0 Å². The average Bonchev–Trinajstić information content (AvgIpc) is 1.99. The Labute approximate surface area is 105 Å². The summed E-state index contributed by atoms with van der Waals surface area (Å²) in [6, 6.07) is 5.38. The van der Waals surface area contributed by atoms with Crippen LogP contribution in [0.5, 0.6) is 0 Å². The van der Waals surface area contributed by atoms with Crippen molar-refractivity contribution in [2.75, 3.05) is 0 Å². The van der Waals surface area contributed by atoms with Crippen molar-refractivity contribution in [2.24, 2.45) is 0 Å². The van der Waals surface area contributed by atoms with E-state index in [0.29, 0.717) is 0 Å². The van der Waals surface area contributed by atoms with Gasteiger partial charge in [0.2, 0.25) is 0 Å². The van der Waals surface area contributed by atoms with E-state index in [9.17, 15) is 0 Å². The summed E-state index contributed by atoms with van der Waals surface area (Å²) in [5.41, 5.74) is 0.0785. The first-order valence-electron chi connectivity index (χ1n) is 5.19. The SMILES string of the molecule is CC(C)(C)c1[c]c(=[Te])cc(C(C)(C)C)o1. The molecule has 0 unspecified atom stereocenters. The molecule has 15 heavy (non-hydrogen) atoms. The maximum atomic E-state index is 5.93. The van der Waals surface area contributed by atoms with E-state index in [1.165, 1.54) is 0 Å². The van der Waals surface area contributed by atoms with E-state index in [1.54, 1.807) is 0 Å². The van der Waals surface area contributed by atoms with E-state index < -0.39 is 0 Å². The standard InChI is InChI=1S/C13H19OTe/c1-12(2,3)10-7-9(15)8-11(14-10)13(4,5)6/h7H,1-6H3. The zero-order valence-electron chi connectivity index (χ0n) is 10.4. The van der Waals surface area contributed by atoms with Gasteiger partial charge in [-0.25, -0.2) is 0 Å². The van der Waals surface area contributed by atoms with Gasteiger partial charge in [0.05, 0.1) is 0 Å². The fourth-order valence-electron chi connectivity index (χ4n) is 1.14. The molecular weight excluding hydrogens is 300 g/mol. The van der Waals surface area contributed by atoms with E-state index in [4.69, 9.17) is 4.42 Å². The Morgan fingerprint density at radius 1 is 1.07 bits per heavy atom. The molecule has 1 heterocycles. The third kappa shape index (κ3) is 3.47. The molecule has 0 saturated carbocycles. The molecule has 0 bridgehead atoms. The zero-order chi connectivity index (χ0) is 11.9. The summed E-state index contributed by atoms with van der Waals surface area (Å²) in [6.45, 7) is 12.9. The van der Waals surface area contributed by atoms with Crippen LogP contribution >= 0.6 is 0 Å². The maximum absolute atomic E-state index is 5.93. The second-order valence-electron chi connectivity index (χ2n) is 5.93. The molecule has 0 aliphatic carbocycles. The molecule has 0 atom stereocenters. The van der Waals surface area contributed by atoms with Gasteiger partial charge in [0, 0.05) is 0 Å². The van der Waals surface area contributed by atoms with E-state index in [1.807, 2.05) is 21.8 Å². The van der Waals surface area contributed by atoms with Gasteiger partial charge in [-0.1, -0.05) is 0 Å². The van der Waals surface area contributed by atoms with Crippen molar-refractivity contribution in [2.45, 2.75) is 52.4 Å². The van der Waals surface area contributed by atoms with Crippen molar-refractivity contribution in [1.82, 2.24) is 0 Å². The molecule has 0 aliphatic heterocycles. The Morgan fingerprint density at radius 3 is 2.00 bits per heavy atom. The van der Waals surface area contributed by atoms with Gasteiger partial charge in [-0.05, 0) is 0 Å². The quantitative estimate of drug-likeness (QED) is 0.668. The number of rotatable bonds is 0. The molecule has 0 saturated heterocycles. The van der Waals surface area contributed by atoms with Crippen LogP contribution in [0.25, 0.3) is 0 Å². The third-order valence-corrected chi connectivity index (χ3v) is 2.76. The summed E-state index contributed by atoms with van der Waals surface area (Å²) in [7, 11) is 0. The topological polar surface area (TPSA) is 13.1 Å². The molecular formula is C13H19OTe. The fraction of sp³-hybridized carbons (Fsp3) is 0.615. The minimum atomic E-state index is 0.0215. The molecule has 0 amide bonds. The molecule has 1 aromatic heterocycles. The van der Waals surface area contributed by atoms with Crippen molar-refractivity contribution >= 4 is 21.8 Å². The molecule has 0 N–H and O–H groups in total. The zero-order valence-corrected chi connectivity index (χ0v) is 12.7. The summed E-state index contributed by atoms with van der Waals surface area (Å²) < 4.78 is 7.09. The van der Waals surface area contributed by atoms with Crippen LogP contribution in [-0.2, 0) is 10.8 Å².